The summed E-state index contributed by atoms with van der Waals surface area (Å²) in [4.78, 5) is 15.5. The van der Waals surface area contributed by atoms with Crippen LogP contribution < -0.4 is 4.90 Å². The number of anilines is 1. The van der Waals surface area contributed by atoms with E-state index < -0.39 is 0 Å². The normalized spacial score (nSPS) is 18.4. The zero-order chi connectivity index (χ0) is 16.5. The van der Waals surface area contributed by atoms with Gasteiger partial charge in [-0.3, -0.25) is 0 Å². The molecule has 0 bridgehead atoms. The zero-order valence-electron chi connectivity index (χ0n) is 13.5. The number of thiazole rings is 1. The highest BCUT2D eigenvalue weighted by Crippen LogP contribution is 2.28. The van der Waals surface area contributed by atoms with Crippen LogP contribution in [0, 0.1) is 6.92 Å². The van der Waals surface area contributed by atoms with Gasteiger partial charge in [0.2, 0.25) is 0 Å². The summed E-state index contributed by atoms with van der Waals surface area (Å²) in [5.74, 6) is 1.53. The summed E-state index contributed by atoms with van der Waals surface area (Å²) in [6, 6.07) is 2.00. The van der Waals surface area contributed by atoms with Gasteiger partial charge in [-0.25, -0.2) is 9.97 Å². The molecular weight excluding hydrogens is 328 g/mol. The summed E-state index contributed by atoms with van der Waals surface area (Å²) in [5, 5.41) is 7.37. The number of hydrogen-bond donors (Lipinski definition) is 0. The van der Waals surface area contributed by atoms with Crippen molar-refractivity contribution in [2.75, 3.05) is 31.7 Å². The number of aromatic nitrogens is 5. The molecule has 1 unspecified atom stereocenters. The Hall–Kier alpha value is -2.10. The van der Waals surface area contributed by atoms with Crippen LogP contribution >= 0.6 is 11.3 Å². The monoisotopic (exact) mass is 346 g/mol. The summed E-state index contributed by atoms with van der Waals surface area (Å²) in [5.41, 5.74) is 1.86. The van der Waals surface area contributed by atoms with Crippen molar-refractivity contribution in [2.24, 2.45) is 0 Å². The minimum Gasteiger partial charge on any atom is -0.378 e. The molecule has 4 rings (SSSR count). The molecule has 1 fully saturated rings. The second kappa shape index (κ2) is 6.42. The molecule has 1 saturated heterocycles. The van der Waals surface area contributed by atoms with Crippen LogP contribution in [0.3, 0.4) is 0 Å². The van der Waals surface area contributed by atoms with Gasteiger partial charge in [-0.05, 0) is 6.92 Å². The molecular formula is C15H18N6O2S. The molecule has 3 aromatic heterocycles. The van der Waals surface area contributed by atoms with Crippen molar-refractivity contribution >= 4 is 22.9 Å². The zero-order valence-corrected chi connectivity index (χ0v) is 14.4. The third kappa shape index (κ3) is 2.85. The highest BCUT2D eigenvalue weighted by molar-refractivity contribution is 7.09. The lowest BCUT2D eigenvalue weighted by Crippen LogP contribution is -2.39. The van der Waals surface area contributed by atoms with Crippen molar-refractivity contribution in [1.82, 2.24) is 24.6 Å². The highest BCUT2D eigenvalue weighted by Gasteiger charge is 2.26. The highest BCUT2D eigenvalue weighted by atomic mass is 32.1. The topological polar surface area (TPSA) is 77.7 Å². The number of fused-ring (bicyclic) bond motifs is 1. The first-order chi connectivity index (χ1) is 11.7. The lowest BCUT2D eigenvalue weighted by molar-refractivity contribution is 0.0391. The Bertz CT molecular complexity index is 847. The molecule has 0 spiro atoms. The lowest BCUT2D eigenvalue weighted by Gasteiger charge is -2.33. The number of methoxy groups -OCH3 is 1. The minimum absolute atomic E-state index is 0.0324. The first kappa shape index (κ1) is 15.4. The first-order valence-corrected chi connectivity index (χ1v) is 8.59. The Morgan fingerprint density at radius 1 is 1.42 bits per heavy atom. The van der Waals surface area contributed by atoms with Crippen molar-refractivity contribution in [1.29, 1.82) is 0 Å². The van der Waals surface area contributed by atoms with Crippen LogP contribution in [0.25, 0.3) is 5.78 Å². The summed E-state index contributed by atoms with van der Waals surface area (Å²) in [7, 11) is 1.66. The molecule has 0 radical (unpaired) electrons. The summed E-state index contributed by atoms with van der Waals surface area (Å²) in [6.07, 6.45) is 1.49. The van der Waals surface area contributed by atoms with Crippen LogP contribution in [0.5, 0.6) is 0 Å². The van der Waals surface area contributed by atoms with E-state index in [1.807, 2.05) is 13.0 Å². The van der Waals surface area contributed by atoms with E-state index in [0.717, 1.165) is 35.3 Å². The maximum atomic E-state index is 5.92. The Morgan fingerprint density at radius 3 is 3.12 bits per heavy atom. The van der Waals surface area contributed by atoms with Crippen molar-refractivity contribution in [3.05, 3.63) is 34.2 Å². The van der Waals surface area contributed by atoms with E-state index >= 15 is 0 Å². The van der Waals surface area contributed by atoms with Gasteiger partial charge in [0.1, 0.15) is 23.3 Å². The predicted octanol–water partition coefficient (Wildman–Crippen LogP) is 1.61. The number of hydrogen-bond acceptors (Lipinski definition) is 8. The molecule has 9 heteroatoms. The Morgan fingerprint density at radius 2 is 2.33 bits per heavy atom. The van der Waals surface area contributed by atoms with Gasteiger partial charge in [0, 0.05) is 30.8 Å². The van der Waals surface area contributed by atoms with E-state index in [1.165, 1.54) is 6.33 Å². The van der Waals surface area contributed by atoms with E-state index in [-0.39, 0.29) is 6.10 Å². The molecule has 1 aliphatic heterocycles. The van der Waals surface area contributed by atoms with Gasteiger partial charge >= 0.3 is 0 Å². The van der Waals surface area contributed by atoms with Crippen molar-refractivity contribution in [2.45, 2.75) is 19.6 Å². The van der Waals surface area contributed by atoms with Crippen LogP contribution in [-0.4, -0.2) is 51.4 Å². The van der Waals surface area contributed by atoms with Crippen molar-refractivity contribution < 1.29 is 9.47 Å². The van der Waals surface area contributed by atoms with Gasteiger partial charge in [-0.15, -0.1) is 11.3 Å². The number of nitrogens with zero attached hydrogens (tertiary/aromatic N) is 6. The second-order valence-electron chi connectivity index (χ2n) is 5.64. The maximum Gasteiger partial charge on any atom is 0.254 e. The van der Waals surface area contributed by atoms with E-state index in [9.17, 15) is 0 Å². The van der Waals surface area contributed by atoms with Crippen LogP contribution in [-0.2, 0) is 16.1 Å². The van der Waals surface area contributed by atoms with Crippen LogP contribution in [0.15, 0.2) is 17.8 Å². The van der Waals surface area contributed by atoms with Gasteiger partial charge in [0.25, 0.3) is 5.78 Å². The molecule has 1 aliphatic rings. The maximum absolute atomic E-state index is 5.92. The summed E-state index contributed by atoms with van der Waals surface area (Å²) >= 11 is 1.64. The number of rotatable bonds is 4. The lowest BCUT2D eigenvalue weighted by atomic mass is 10.2. The fraction of sp³-hybridized carbons (Fsp3) is 0.467. The molecule has 0 aliphatic carbocycles. The largest absolute Gasteiger partial charge is 0.378 e. The average Bonchev–Trinajstić information content (AvgIpc) is 3.23. The van der Waals surface area contributed by atoms with E-state index in [0.29, 0.717) is 19.0 Å². The fourth-order valence-corrected chi connectivity index (χ4v) is 3.65. The van der Waals surface area contributed by atoms with E-state index in [4.69, 9.17) is 9.47 Å². The van der Waals surface area contributed by atoms with Gasteiger partial charge in [0.05, 0.1) is 25.5 Å². The third-order valence-electron chi connectivity index (χ3n) is 3.88. The summed E-state index contributed by atoms with van der Waals surface area (Å²) < 4.78 is 12.9. The molecule has 3 aromatic rings. The van der Waals surface area contributed by atoms with Crippen LogP contribution in [0.2, 0.25) is 0 Å². The molecule has 1 atom stereocenters. The number of ether oxygens (including phenoxy) is 2. The predicted molar refractivity (Wildman–Crippen MR) is 89.3 cm³/mol. The second-order valence-corrected chi connectivity index (χ2v) is 6.53. The molecule has 126 valence electrons. The number of morpholine rings is 1. The van der Waals surface area contributed by atoms with Gasteiger partial charge in [-0.1, -0.05) is 0 Å². The molecule has 24 heavy (non-hydrogen) atoms. The van der Waals surface area contributed by atoms with Crippen molar-refractivity contribution in [3.63, 3.8) is 0 Å². The smallest absolute Gasteiger partial charge is 0.254 e. The van der Waals surface area contributed by atoms with E-state index in [1.54, 1.807) is 23.0 Å². The first-order valence-electron chi connectivity index (χ1n) is 7.72. The SMILES string of the molecule is COCc1cc(N2CCOC(c3nc(C)cs3)C2)n2ncnc2n1. The van der Waals surface area contributed by atoms with Gasteiger partial charge in [-0.2, -0.15) is 14.6 Å². The van der Waals surface area contributed by atoms with Crippen LogP contribution in [0.1, 0.15) is 22.5 Å². The van der Waals surface area contributed by atoms with Crippen LogP contribution in [0.4, 0.5) is 5.82 Å². The molecule has 0 saturated carbocycles. The van der Waals surface area contributed by atoms with Gasteiger partial charge < -0.3 is 14.4 Å². The number of aryl methyl sites for hydroxylation is 1. The molecule has 0 N–H and O–H groups in total. The Kier molecular flexibility index (Phi) is 4.13. The van der Waals surface area contributed by atoms with E-state index in [2.05, 4.69) is 30.3 Å². The summed E-state index contributed by atoms with van der Waals surface area (Å²) in [6.45, 7) is 4.58. The quantitative estimate of drug-likeness (QED) is 0.710. The Labute approximate surface area is 143 Å². The molecule has 8 nitrogen and oxygen atoms in total. The fourth-order valence-electron chi connectivity index (χ4n) is 2.82. The molecule has 0 aromatic carbocycles. The molecule has 0 amide bonds. The third-order valence-corrected chi connectivity index (χ3v) is 4.94. The minimum atomic E-state index is -0.0324. The average molecular weight is 346 g/mol. The standard InChI is InChI=1S/C15H18N6O2S/c1-10-8-24-14(18-10)12-6-20(3-4-23-12)13-5-11(7-22-2)19-15-16-9-17-21(13)15/h5,8-9,12H,3-4,6-7H2,1-2H3. The van der Waals surface area contributed by atoms with Gasteiger partial charge in [0.15, 0.2) is 0 Å². The Balaban J connectivity index is 1.67. The molecule has 4 heterocycles. The van der Waals surface area contributed by atoms with Crippen molar-refractivity contribution in [3.8, 4) is 0 Å².